The maximum Gasteiger partial charge on any atom is 0.121 e. The summed E-state index contributed by atoms with van der Waals surface area (Å²) in [6, 6.07) is 8.05. The van der Waals surface area contributed by atoms with Crippen molar-refractivity contribution in [1.82, 2.24) is 0 Å². The first-order chi connectivity index (χ1) is 12.2. The fraction of sp³-hybridized carbons (Fsp3) is 0.522. The molecule has 2 nitrogen and oxygen atoms in total. The van der Waals surface area contributed by atoms with Crippen LogP contribution in [0.5, 0.6) is 5.75 Å². The molecule has 0 radical (unpaired) electrons. The third kappa shape index (κ3) is 4.54. The first kappa shape index (κ1) is 17.8. The molecule has 2 aliphatic carbocycles. The fourth-order valence-electron chi connectivity index (χ4n) is 4.27. The maximum absolute atomic E-state index is 10.8. The van der Waals surface area contributed by atoms with E-state index in [0.29, 0.717) is 18.4 Å². The second-order valence-corrected chi connectivity index (χ2v) is 7.43. The van der Waals surface area contributed by atoms with Crippen LogP contribution in [-0.2, 0) is 4.79 Å². The summed E-state index contributed by atoms with van der Waals surface area (Å²) in [4.78, 5) is 10.8. The van der Waals surface area contributed by atoms with Gasteiger partial charge in [0, 0.05) is 6.42 Å². The first-order valence-corrected chi connectivity index (χ1v) is 9.54. The third-order valence-electron chi connectivity index (χ3n) is 5.66. The van der Waals surface area contributed by atoms with Crippen molar-refractivity contribution in [3.8, 4) is 17.6 Å². The topological polar surface area (TPSA) is 26.3 Å². The minimum Gasteiger partial charge on any atom is -0.489 e. The molecule has 0 saturated heterocycles. The lowest BCUT2D eigenvalue weighted by Crippen LogP contribution is -2.18. The Labute approximate surface area is 151 Å². The smallest absolute Gasteiger partial charge is 0.121 e. The lowest BCUT2D eigenvalue weighted by atomic mass is 9.74. The van der Waals surface area contributed by atoms with Gasteiger partial charge in [-0.2, -0.15) is 0 Å². The molecule has 1 aromatic carbocycles. The summed E-state index contributed by atoms with van der Waals surface area (Å²) in [5, 5.41) is 0. The van der Waals surface area contributed by atoms with E-state index < -0.39 is 0 Å². The van der Waals surface area contributed by atoms with Crippen molar-refractivity contribution >= 4 is 6.29 Å². The summed E-state index contributed by atoms with van der Waals surface area (Å²) < 4.78 is 6.00. The van der Waals surface area contributed by atoms with E-state index in [1.165, 1.54) is 50.5 Å². The number of hydrogen-bond acceptors (Lipinski definition) is 2. The van der Waals surface area contributed by atoms with Crippen molar-refractivity contribution in [2.24, 2.45) is 5.41 Å². The van der Waals surface area contributed by atoms with Gasteiger partial charge in [0.05, 0.1) is 5.92 Å². The van der Waals surface area contributed by atoms with Gasteiger partial charge >= 0.3 is 0 Å². The van der Waals surface area contributed by atoms with Crippen LogP contribution < -0.4 is 4.74 Å². The van der Waals surface area contributed by atoms with Gasteiger partial charge in [-0.25, -0.2) is 0 Å². The molecule has 0 heterocycles. The Bertz CT molecular complexity index is 666. The van der Waals surface area contributed by atoms with Gasteiger partial charge in [-0.1, -0.05) is 43.4 Å². The summed E-state index contributed by atoms with van der Waals surface area (Å²) in [5.74, 6) is 6.88. The second kappa shape index (κ2) is 8.39. The molecule has 1 atom stereocenters. The van der Waals surface area contributed by atoms with Crippen LogP contribution >= 0.6 is 0 Å². The Morgan fingerprint density at radius 2 is 1.92 bits per heavy atom. The Hall–Kier alpha value is -2.01. The molecule has 1 aromatic rings. The van der Waals surface area contributed by atoms with Crippen molar-refractivity contribution in [2.75, 3.05) is 6.61 Å². The van der Waals surface area contributed by atoms with Crippen molar-refractivity contribution in [2.45, 2.75) is 64.2 Å². The number of carbonyl (C=O) groups is 1. The molecule has 0 amide bonds. The molecule has 2 aliphatic rings. The number of rotatable bonds is 6. The highest BCUT2D eigenvalue weighted by molar-refractivity contribution is 5.53. The van der Waals surface area contributed by atoms with Gasteiger partial charge in [0.1, 0.15) is 18.6 Å². The number of ether oxygens (including phenoxy) is 1. The van der Waals surface area contributed by atoms with E-state index in [-0.39, 0.29) is 5.92 Å². The zero-order chi connectivity index (χ0) is 17.5. The molecule has 0 unspecified atom stereocenters. The molecule has 2 heteroatoms. The zero-order valence-corrected chi connectivity index (χ0v) is 15.2. The van der Waals surface area contributed by atoms with Gasteiger partial charge in [-0.3, -0.25) is 0 Å². The van der Waals surface area contributed by atoms with E-state index in [1.54, 1.807) is 0 Å². The van der Waals surface area contributed by atoms with E-state index in [1.807, 2.05) is 31.2 Å². The predicted octanol–water partition coefficient (Wildman–Crippen LogP) is 5.43. The quantitative estimate of drug-likeness (QED) is 0.393. The summed E-state index contributed by atoms with van der Waals surface area (Å²) in [6.07, 6.45) is 13.3. The van der Waals surface area contributed by atoms with Crippen molar-refractivity contribution in [3.63, 3.8) is 0 Å². The van der Waals surface area contributed by atoms with Gasteiger partial charge in [-0.15, -0.1) is 5.92 Å². The molecule has 1 fully saturated rings. The van der Waals surface area contributed by atoms with Crippen LogP contribution in [0.2, 0.25) is 0 Å². The molecule has 0 N–H and O–H groups in total. The predicted molar refractivity (Wildman–Crippen MR) is 102 cm³/mol. The summed E-state index contributed by atoms with van der Waals surface area (Å²) in [6.45, 7) is 2.51. The molecule has 25 heavy (non-hydrogen) atoms. The van der Waals surface area contributed by atoms with Gasteiger partial charge < -0.3 is 9.53 Å². The molecule has 3 rings (SSSR count). The first-order valence-electron chi connectivity index (χ1n) is 9.54. The lowest BCUT2D eigenvalue weighted by molar-refractivity contribution is -0.107. The summed E-state index contributed by atoms with van der Waals surface area (Å²) in [7, 11) is 0. The standard InChI is InChI=1S/C23H28O2/c1-2-6-20(12-16-24)21-7-9-22(10-8-21)25-18-19-11-15-23(17-19)13-4-3-5-14-23/h7-10,16-17,20H,3-5,11-15,18H2,1H3/t20-/m0/s1. The van der Waals surface area contributed by atoms with Crippen molar-refractivity contribution in [3.05, 3.63) is 41.5 Å². The zero-order valence-electron chi connectivity index (χ0n) is 15.2. The summed E-state index contributed by atoms with van der Waals surface area (Å²) >= 11 is 0. The Morgan fingerprint density at radius 1 is 1.16 bits per heavy atom. The average molecular weight is 336 g/mol. The van der Waals surface area contributed by atoms with Gasteiger partial charge in [-0.05, 0) is 61.3 Å². The molecule has 0 aromatic heterocycles. The lowest BCUT2D eigenvalue weighted by Gasteiger charge is -2.31. The van der Waals surface area contributed by atoms with Crippen molar-refractivity contribution < 1.29 is 9.53 Å². The van der Waals surface area contributed by atoms with Crippen LogP contribution in [0.1, 0.15) is 69.8 Å². The van der Waals surface area contributed by atoms with Crippen LogP contribution in [0.3, 0.4) is 0 Å². The molecular formula is C23H28O2. The monoisotopic (exact) mass is 336 g/mol. The minimum absolute atomic E-state index is 0.0137. The largest absolute Gasteiger partial charge is 0.489 e. The van der Waals surface area contributed by atoms with Crippen LogP contribution in [0.15, 0.2) is 35.9 Å². The number of hydrogen-bond donors (Lipinski definition) is 0. The van der Waals surface area contributed by atoms with Gasteiger partial charge in [0.25, 0.3) is 0 Å². The van der Waals surface area contributed by atoms with Crippen LogP contribution in [0, 0.1) is 17.3 Å². The molecular weight excluding hydrogens is 308 g/mol. The number of carbonyl (C=O) groups excluding carboxylic acids is 1. The normalized spacial score (nSPS) is 19.6. The Kier molecular flexibility index (Phi) is 5.97. The van der Waals surface area contributed by atoms with E-state index in [0.717, 1.165) is 17.6 Å². The highest BCUT2D eigenvalue weighted by Gasteiger charge is 2.34. The van der Waals surface area contributed by atoms with E-state index in [2.05, 4.69) is 17.9 Å². The average Bonchev–Trinajstić information content (AvgIpc) is 3.03. The highest BCUT2D eigenvalue weighted by Crippen LogP contribution is 2.47. The molecule has 1 saturated carbocycles. The maximum atomic E-state index is 10.8. The highest BCUT2D eigenvalue weighted by atomic mass is 16.5. The molecule has 0 aliphatic heterocycles. The number of allylic oxidation sites excluding steroid dienone is 1. The van der Waals surface area contributed by atoms with E-state index in [4.69, 9.17) is 4.74 Å². The van der Waals surface area contributed by atoms with Gasteiger partial charge in [0.15, 0.2) is 0 Å². The van der Waals surface area contributed by atoms with E-state index >= 15 is 0 Å². The summed E-state index contributed by atoms with van der Waals surface area (Å²) in [5.41, 5.74) is 3.03. The SMILES string of the molecule is CC#C[C@@H](CC=O)c1ccc(OCC2=CC3(CCCCC3)CC2)cc1. The van der Waals surface area contributed by atoms with Crippen LogP contribution in [0.25, 0.3) is 0 Å². The van der Waals surface area contributed by atoms with Crippen molar-refractivity contribution in [1.29, 1.82) is 0 Å². The molecule has 132 valence electrons. The molecule has 1 spiro atoms. The minimum atomic E-state index is -0.0137. The third-order valence-corrected chi connectivity index (χ3v) is 5.66. The van der Waals surface area contributed by atoms with Crippen LogP contribution in [0.4, 0.5) is 0 Å². The Balaban J connectivity index is 1.57. The number of benzene rings is 1. The van der Waals surface area contributed by atoms with E-state index in [9.17, 15) is 4.79 Å². The Morgan fingerprint density at radius 3 is 2.60 bits per heavy atom. The fourth-order valence-corrected chi connectivity index (χ4v) is 4.27. The number of aldehydes is 1. The molecule has 0 bridgehead atoms. The van der Waals surface area contributed by atoms with Gasteiger partial charge in [0.2, 0.25) is 0 Å². The second-order valence-electron chi connectivity index (χ2n) is 7.43. The van der Waals surface area contributed by atoms with Crippen LogP contribution in [-0.4, -0.2) is 12.9 Å².